The second-order valence-corrected chi connectivity index (χ2v) is 5.38. The van der Waals surface area contributed by atoms with Gasteiger partial charge in [-0.3, -0.25) is 4.79 Å². The molecule has 0 bridgehead atoms. The number of carbonyl (C=O) groups excluding carboxylic acids is 1. The van der Waals surface area contributed by atoms with Gasteiger partial charge in [0.2, 0.25) is 5.91 Å². The lowest BCUT2D eigenvalue weighted by Gasteiger charge is -2.05. The number of hydrogen-bond acceptors (Lipinski definition) is 5. The van der Waals surface area contributed by atoms with Crippen molar-refractivity contribution in [2.75, 3.05) is 11.1 Å². The van der Waals surface area contributed by atoms with Crippen LogP contribution in [-0.4, -0.2) is 21.6 Å². The number of benzene rings is 1. The van der Waals surface area contributed by atoms with Crippen LogP contribution in [0.2, 0.25) is 0 Å². The molecule has 0 aliphatic heterocycles. The second-order valence-electron chi connectivity index (χ2n) is 4.32. The van der Waals surface area contributed by atoms with Crippen molar-refractivity contribution in [3.05, 3.63) is 47.8 Å². The summed E-state index contributed by atoms with van der Waals surface area (Å²) in [6, 6.07) is 10.6. The number of thioether (sulfide) groups is 1. The topological polar surface area (TPSA) is 78.7 Å². The molecule has 5 nitrogen and oxygen atoms in total. The van der Waals surface area contributed by atoms with Gasteiger partial charge in [-0.2, -0.15) is 5.26 Å². The summed E-state index contributed by atoms with van der Waals surface area (Å²) in [6.45, 7) is 1.91. The molecular weight excluding hydrogens is 284 g/mol. The van der Waals surface area contributed by atoms with Crippen molar-refractivity contribution in [1.82, 2.24) is 9.97 Å². The van der Waals surface area contributed by atoms with Crippen LogP contribution in [0.1, 0.15) is 17.7 Å². The van der Waals surface area contributed by atoms with Crippen LogP contribution in [0.5, 0.6) is 0 Å². The zero-order valence-corrected chi connectivity index (χ0v) is 12.4. The maximum atomic E-state index is 11.8. The van der Waals surface area contributed by atoms with Crippen LogP contribution in [0.25, 0.3) is 0 Å². The highest BCUT2D eigenvalue weighted by molar-refractivity contribution is 7.99. The summed E-state index contributed by atoms with van der Waals surface area (Å²) in [5.74, 6) is 0.547. The number of nitrogens with one attached hydrogen (secondary N) is 1. The zero-order chi connectivity index (χ0) is 15.1. The Labute approximate surface area is 127 Å². The largest absolute Gasteiger partial charge is 0.326 e. The second kappa shape index (κ2) is 7.41. The molecule has 0 saturated heterocycles. The number of anilines is 1. The molecule has 1 N–H and O–H groups in total. The number of aryl methyl sites for hydroxylation is 1. The third-order valence-electron chi connectivity index (χ3n) is 2.63. The monoisotopic (exact) mass is 298 g/mol. The van der Waals surface area contributed by atoms with E-state index >= 15 is 0 Å². The van der Waals surface area contributed by atoms with Crippen LogP contribution in [0.3, 0.4) is 0 Å². The van der Waals surface area contributed by atoms with Gasteiger partial charge in [-0.1, -0.05) is 11.8 Å². The maximum Gasteiger partial charge on any atom is 0.225 e. The quantitative estimate of drug-likeness (QED) is 0.678. The summed E-state index contributed by atoms with van der Waals surface area (Å²) in [5.41, 5.74) is 2.17. The molecule has 2 aromatic rings. The first-order valence-corrected chi connectivity index (χ1v) is 7.38. The van der Waals surface area contributed by atoms with Gasteiger partial charge >= 0.3 is 0 Å². The molecule has 1 aromatic heterocycles. The lowest BCUT2D eigenvalue weighted by atomic mass is 10.2. The van der Waals surface area contributed by atoms with Crippen LogP contribution in [0.4, 0.5) is 5.69 Å². The van der Waals surface area contributed by atoms with E-state index in [9.17, 15) is 4.79 Å². The molecule has 6 heteroatoms. The van der Waals surface area contributed by atoms with Gasteiger partial charge in [0.1, 0.15) is 0 Å². The Balaban J connectivity index is 1.78. The third-order valence-corrected chi connectivity index (χ3v) is 3.49. The smallest absolute Gasteiger partial charge is 0.225 e. The summed E-state index contributed by atoms with van der Waals surface area (Å²) in [6.07, 6.45) is 2.09. The molecule has 1 aromatic carbocycles. The Morgan fingerprint density at radius 3 is 2.76 bits per heavy atom. The molecule has 2 rings (SSSR count). The van der Waals surface area contributed by atoms with Crippen molar-refractivity contribution in [2.45, 2.75) is 18.5 Å². The Hall–Kier alpha value is -2.39. The third kappa shape index (κ3) is 4.89. The molecule has 0 aliphatic carbocycles. The van der Waals surface area contributed by atoms with E-state index in [2.05, 4.69) is 15.3 Å². The molecule has 0 fully saturated rings. The average molecular weight is 298 g/mol. The molecule has 0 radical (unpaired) electrons. The van der Waals surface area contributed by atoms with Crippen molar-refractivity contribution in [3.63, 3.8) is 0 Å². The van der Waals surface area contributed by atoms with Gasteiger partial charge < -0.3 is 5.32 Å². The van der Waals surface area contributed by atoms with Crippen LogP contribution in [0.15, 0.2) is 41.7 Å². The fraction of sp³-hybridized carbons (Fsp3) is 0.200. The summed E-state index contributed by atoms with van der Waals surface area (Å²) in [7, 11) is 0. The van der Waals surface area contributed by atoms with E-state index in [-0.39, 0.29) is 5.91 Å². The van der Waals surface area contributed by atoms with E-state index in [1.165, 1.54) is 11.8 Å². The van der Waals surface area contributed by atoms with Crippen molar-refractivity contribution >= 4 is 23.4 Å². The van der Waals surface area contributed by atoms with Crippen LogP contribution >= 0.6 is 11.8 Å². The van der Waals surface area contributed by atoms with E-state index in [1.807, 2.05) is 19.1 Å². The van der Waals surface area contributed by atoms with Crippen molar-refractivity contribution < 1.29 is 4.79 Å². The number of rotatable bonds is 5. The van der Waals surface area contributed by atoms with Gasteiger partial charge in [-0.25, -0.2) is 9.97 Å². The summed E-state index contributed by atoms with van der Waals surface area (Å²) < 4.78 is 0. The van der Waals surface area contributed by atoms with Gasteiger partial charge in [-0.15, -0.1) is 0 Å². The highest BCUT2D eigenvalue weighted by Gasteiger charge is 2.04. The molecule has 0 unspecified atom stereocenters. The fourth-order valence-corrected chi connectivity index (χ4v) is 2.40. The van der Waals surface area contributed by atoms with Gasteiger partial charge in [0, 0.05) is 29.8 Å². The molecule has 0 saturated carbocycles. The first kappa shape index (κ1) is 15.0. The molecule has 0 atom stereocenters. The molecular formula is C15H14N4OS. The fourth-order valence-electron chi connectivity index (χ4n) is 1.58. The van der Waals surface area contributed by atoms with E-state index in [0.717, 1.165) is 5.69 Å². The molecule has 0 aliphatic rings. The summed E-state index contributed by atoms with van der Waals surface area (Å²) >= 11 is 1.45. The van der Waals surface area contributed by atoms with Gasteiger partial charge in [-0.05, 0) is 37.3 Å². The minimum absolute atomic E-state index is 0.0696. The number of carbonyl (C=O) groups is 1. The minimum atomic E-state index is -0.0696. The van der Waals surface area contributed by atoms with E-state index in [1.54, 1.807) is 30.5 Å². The van der Waals surface area contributed by atoms with Crippen molar-refractivity contribution in [3.8, 4) is 6.07 Å². The maximum absolute atomic E-state index is 11.8. The van der Waals surface area contributed by atoms with Gasteiger partial charge in [0.15, 0.2) is 5.16 Å². The van der Waals surface area contributed by atoms with Gasteiger partial charge in [0.05, 0.1) is 11.6 Å². The number of aromatic nitrogens is 2. The van der Waals surface area contributed by atoms with Gasteiger partial charge in [0.25, 0.3) is 0 Å². The average Bonchev–Trinajstić information content (AvgIpc) is 2.48. The standard InChI is InChI=1S/C15H14N4OS/c1-11-6-8-17-15(18-11)21-9-7-14(20)19-13-4-2-12(10-16)3-5-13/h2-6,8H,7,9H2,1H3,(H,19,20). The first-order valence-electron chi connectivity index (χ1n) is 6.40. The summed E-state index contributed by atoms with van der Waals surface area (Å²) in [5, 5.41) is 12.2. The van der Waals surface area contributed by atoms with Crippen LogP contribution < -0.4 is 5.32 Å². The molecule has 106 valence electrons. The highest BCUT2D eigenvalue weighted by atomic mass is 32.2. The van der Waals surface area contributed by atoms with Crippen LogP contribution in [0, 0.1) is 18.3 Å². The number of amides is 1. The van der Waals surface area contributed by atoms with E-state index < -0.39 is 0 Å². The Morgan fingerprint density at radius 2 is 2.10 bits per heavy atom. The Bertz CT molecular complexity index is 664. The molecule has 0 spiro atoms. The SMILES string of the molecule is Cc1ccnc(SCCC(=O)Nc2ccc(C#N)cc2)n1. The molecule has 1 heterocycles. The Kier molecular flexibility index (Phi) is 5.29. The predicted molar refractivity (Wildman–Crippen MR) is 81.9 cm³/mol. The van der Waals surface area contributed by atoms with Crippen molar-refractivity contribution in [2.24, 2.45) is 0 Å². The Morgan fingerprint density at radius 1 is 1.33 bits per heavy atom. The first-order chi connectivity index (χ1) is 10.2. The number of nitrogens with zero attached hydrogens (tertiary/aromatic N) is 3. The zero-order valence-electron chi connectivity index (χ0n) is 11.5. The minimum Gasteiger partial charge on any atom is -0.326 e. The normalized spacial score (nSPS) is 9.90. The summed E-state index contributed by atoms with van der Waals surface area (Å²) in [4.78, 5) is 20.2. The van der Waals surface area contributed by atoms with Crippen LogP contribution in [-0.2, 0) is 4.79 Å². The molecule has 1 amide bonds. The number of hydrogen-bond donors (Lipinski definition) is 1. The number of nitriles is 1. The lowest BCUT2D eigenvalue weighted by Crippen LogP contribution is -2.12. The van der Waals surface area contributed by atoms with E-state index in [4.69, 9.17) is 5.26 Å². The van der Waals surface area contributed by atoms with Crippen molar-refractivity contribution in [1.29, 1.82) is 5.26 Å². The van der Waals surface area contributed by atoms with E-state index in [0.29, 0.717) is 28.6 Å². The predicted octanol–water partition coefficient (Wildman–Crippen LogP) is 2.78. The molecule has 21 heavy (non-hydrogen) atoms. The lowest BCUT2D eigenvalue weighted by molar-refractivity contribution is -0.115. The highest BCUT2D eigenvalue weighted by Crippen LogP contribution is 2.14.